The highest BCUT2D eigenvalue weighted by Gasteiger charge is 2.34. The third kappa shape index (κ3) is 4.55. The molecule has 0 aliphatic carbocycles. The van der Waals surface area contributed by atoms with Crippen LogP contribution in [0.25, 0.3) is 0 Å². The lowest BCUT2D eigenvalue weighted by atomic mass is 10.1. The summed E-state index contributed by atoms with van der Waals surface area (Å²) in [5.41, 5.74) is -0.915. The van der Waals surface area contributed by atoms with Crippen molar-refractivity contribution in [2.75, 3.05) is 11.9 Å². The van der Waals surface area contributed by atoms with Gasteiger partial charge in [0.1, 0.15) is 5.82 Å². The van der Waals surface area contributed by atoms with E-state index in [1.807, 2.05) is 0 Å². The predicted molar refractivity (Wildman–Crippen MR) is 64.0 cm³/mol. The summed E-state index contributed by atoms with van der Waals surface area (Å²) in [6.07, 6.45) is -0.499. The SMILES string of the molecule is CCCCCCNc1ccc(F)c(C(F)(F)F)c1. The lowest BCUT2D eigenvalue weighted by Gasteiger charge is -2.11. The molecule has 1 N–H and O–H groups in total. The van der Waals surface area contributed by atoms with Gasteiger partial charge in [-0.3, -0.25) is 0 Å². The first kappa shape index (κ1) is 14.8. The van der Waals surface area contributed by atoms with Gasteiger partial charge in [0.15, 0.2) is 0 Å². The van der Waals surface area contributed by atoms with Crippen LogP contribution in [-0.4, -0.2) is 6.54 Å². The maximum absolute atomic E-state index is 13.0. The zero-order valence-electron chi connectivity index (χ0n) is 10.3. The Balaban J connectivity index is 2.57. The van der Waals surface area contributed by atoms with Crippen molar-refractivity contribution >= 4 is 5.69 Å². The molecule has 1 nitrogen and oxygen atoms in total. The summed E-state index contributed by atoms with van der Waals surface area (Å²) in [5.74, 6) is -1.24. The fourth-order valence-corrected chi connectivity index (χ4v) is 1.64. The number of alkyl halides is 3. The van der Waals surface area contributed by atoms with Crippen molar-refractivity contribution in [1.82, 2.24) is 0 Å². The molecule has 0 amide bonds. The molecule has 1 aromatic rings. The molecular formula is C13H17F4N. The van der Waals surface area contributed by atoms with Crippen LogP contribution in [0, 0.1) is 5.82 Å². The van der Waals surface area contributed by atoms with Crippen molar-refractivity contribution in [3.63, 3.8) is 0 Å². The maximum Gasteiger partial charge on any atom is 0.419 e. The van der Waals surface area contributed by atoms with Crippen LogP contribution in [0.1, 0.15) is 38.2 Å². The molecule has 0 unspecified atom stereocenters. The molecule has 0 aromatic heterocycles. The summed E-state index contributed by atoms with van der Waals surface area (Å²) < 4.78 is 50.4. The second-order valence-corrected chi connectivity index (χ2v) is 4.18. The van der Waals surface area contributed by atoms with Crippen molar-refractivity contribution in [3.05, 3.63) is 29.6 Å². The summed E-state index contributed by atoms with van der Waals surface area (Å²) in [6, 6.07) is 2.98. The highest BCUT2D eigenvalue weighted by atomic mass is 19.4. The van der Waals surface area contributed by atoms with Crippen LogP contribution in [0.3, 0.4) is 0 Å². The van der Waals surface area contributed by atoms with E-state index in [4.69, 9.17) is 0 Å². The van der Waals surface area contributed by atoms with Crippen LogP contribution >= 0.6 is 0 Å². The molecule has 5 heteroatoms. The van der Waals surface area contributed by atoms with Gasteiger partial charge in [-0.05, 0) is 24.6 Å². The predicted octanol–water partition coefficient (Wildman–Crippen LogP) is 4.84. The molecule has 0 bridgehead atoms. The fourth-order valence-electron chi connectivity index (χ4n) is 1.64. The monoisotopic (exact) mass is 263 g/mol. The molecule has 18 heavy (non-hydrogen) atoms. The van der Waals surface area contributed by atoms with Gasteiger partial charge < -0.3 is 5.32 Å². The number of unbranched alkanes of at least 4 members (excludes halogenated alkanes) is 3. The van der Waals surface area contributed by atoms with Gasteiger partial charge in [0.2, 0.25) is 0 Å². The minimum Gasteiger partial charge on any atom is -0.385 e. The Morgan fingerprint density at radius 3 is 2.44 bits per heavy atom. The van der Waals surface area contributed by atoms with Crippen LogP contribution in [0.15, 0.2) is 18.2 Å². The second kappa shape index (κ2) is 6.61. The molecule has 0 aliphatic rings. The van der Waals surface area contributed by atoms with Crippen LogP contribution in [0.5, 0.6) is 0 Å². The van der Waals surface area contributed by atoms with E-state index in [0.29, 0.717) is 12.2 Å². The number of hydrogen-bond donors (Lipinski definition) is 1. The molecule has 0 heterocycles. The third-order valence-corrected chi connectivity index (χ3v) is 2.63. The van der Waals surface area contributed by atoms with Crippen molar-refractivity contribution in [2.24, 2.45) is 0 Å². The molecule has 0 aliphatic heterocycles. The molecule has 102 valence electrons. The van der Waals surface area contributed by atoms with Crippen molar-refractivity contribution in [2.45, 2.75) is 38.8 Å². The lowest BCUT2D eigenvalue weighted by Crippen LogP contribution is -2.10. The average molecular weight is 263 g/mol. The molecule has 1 aromatic carbocycles. The topological polar surface area (TPSA) is 12.0 Å². The molecule has 0 spiro atoms. The van der Waals surface area contributed by atoms with Crippen molar-refractivity contribution in [3.8, 4) is 0 Å². The van der Waals surface area contributed by atoms with Crippen molar-refractivity contribution < 1.29 is 17.6 Å². The highest BCUT2D eigenvalue weighted by Crippen LogP contribution is 2.32. The van der Waals surface area contributed by atoms with Crippen molar-refractivity contribution in [1.29, 1.82) is 0 Å². The molecule has 1 rings (SSSR count). The minimum absolute atomic E-state index is 0.306. The minimum atomic E-state index is -4.65. The summed E-state index contributed by atoms with van der Waals surface area (Å²) in [6.45, 7) is 2.69. The number of benzene rings is 1. The zero-order chi connectivity index (χ0) is 13.6. The van der Waals surface area contributed by atoms with E-state index in [0.717, 1.165) is 37.8 Å². The van der Waals surface area contributed by atoms with Gasteiger partial charge in [-0.2, -0.15) is 13.2 Å². The largest absolute Gasteiger partial charge is 0.419 e. The second-order valence-electron chi connectivity index (χ2n) is 4.18. The third-order valence-electron chi connectivity index (χ3n) is 2.63. The summed E-state index contributed by atoms with van der Waals surface area (Å²) in [5, 5.41) is 2.88. The smallest absolute Gasteiger partial charge is 0.385 e. The standard InChI is InChI=1S/C13H17F4N/c1-2-3-4-5-8-18-10-6-7-12(14)11(9-10)13(15,16)17/h6-7,9,18H,2-5,8H2,1H3. The molecule has 0 saturated carbocycles. The maximum atomic E-state index is 13.0. The van der Waals surface area contributed by atoms with Gasteiger partial charge in [-0.15, -0.1) is 0 Å². The van der Waals surface area contributed by atoms with Gasteiger partial charge in [0.05, 0.1) is 5.56 Å². The van der Waals surface area contributed by atoms with Gasteiger partial charge >= 0.3 is 6.18 Å². The Morgan fingerprint density at radius 1 is 1.11 bits per heavy atom. The zero-order valence-corrected chi connectivity index (χ0v) is 10.3. The number of halogens is 4. The van der Waals surface area contributed by atoms with Gasteiger partial charge in [0.25, 0.3) is 0 Å². The Bertz CT molecular complexity index is 374. The molecule has 0 atom stereocenters. The normalized spacial score (nSPS) is 11.6. The Morgan fingerprint density at radius 2 is 1.83 bits per heavy atom. The Hall–Kier alpha value is -1.26. The molecule has 0 saturated heterocycles. The van der Waals surface area contributed by atoms with Crippen LogP contribution in [0.4, 0.5) is 23.2 Å². The first-order valence-electron chi connectivity index (χ1n) is 6.05. The lowest BCUT2D eigenvalue weighted by molar-refractivity contribution is -0.139. The summed E-state index contributed by atoms with van der Waals surface area (Å²) >= 11 is 0. The van der Waals surface area contributed by atoms with Crippen LogP contribution in [-0.2, 0) is 6.18 Å². The van der Waals surface area contributed by atoms with E-state index >= 15 is 0 Å². The van der Waals surface area contributed by atoms with Crippen LogP contribution in [0.2, 0.25) is 0 Å². The fraction of sp³-hybridized carbons (Fsp3) is 0.538. The quantitative estimate of drug-likeness (QED) is 0.572. The van der Waals surface area contributed by atoms with E-state index in [-0.39, 0.29) is 0 Å². The van der Waals surface area contributed by atoms with Gasteiger partial charge in [0, 0.05) is 12.2 Å². The van der Waals surface area contributed by atoms with Gasteiger partial charge in [-0.25, -0.2) is 4.39 Å². The Kier molecular flexibility index (Phi) is 5.44. The van der Waals surface area contributed by atoms with E-state index in [1.165, 1.54) is 6.07 Å². The number of anilines is 1. The van der Waals surface area contributed by atoms with E-state index in [1.54, 1.807) is 0 Å². The first-order valence-corrected chi connectivity index (χ1v) is 6.05. The van der Waals surface area contributed by atoms with E-state index < -0.39 is 17.6 Å². The number of nitrogens with one attached hydrogen (secondary N) is 1. The molecule has 0 radical (unpaired) electrons. The van der Waals surface area contributed by atoms with Crippen LogP contribution < -0.4 is 5.32 Å². The van der Waals surface area contributed by atoms with Gasteiger partial charge in [-0.1, -0.05) is 26.2 Å². The molecular weight excluding hydrogens is 246 g/mol. The first-order chi connectivity index (χ1) is 8.45. The highest BCUT2D eigenvalue weighted by molar-refractivity contribution is 5.47. The number of rotatable bonds is 6. The van der Waals surface area contributed by atoms with E-state index in [2.05, 4.69) is 12.2 Å². The summed E-state index contributed by atoms with van der Waals surface area (Å²) in [4.78, 5) is 0. The van der Waals surface area contributed by atoms with E-state index in [9.17, 15) is 17.6 Å². The average Bonchev–Trinajstić information content (AvgIpc) is 2.29. The molecule has 0 fully saturated rings. The Labute approximate surface area is 104 Å². The number of hydrogen-bond acceptors (Lipinski definition) is 1. The summed E-state index contributed by atoms with van der Waals surface area (Å²) in [7, 11) is 0.